The second-order valence-corrected chi connectivity index (χ2v) is 5.16. The number of nitrogens with one attached hydrogen (secondary N) is 2. The van der Waals surface area contributed by atoms with Crippen LogP contribution in [-0.4, -0.2) is 24.6 Å². The molecular formula is C12H18BrN3. The maximum atomic E-state index is 4.33. The van der Waals surface area contributed by atoms with E-state index in [2.05, 4.69) is 38.5 Å². The van der Waals surface area contributed by atoms with Gasteiger partial charge in [0.2, 0.25) is 0 Å². The van der Waals surface area contributed by atoms with Gasteiger partial charge in [0.15, 0.2) is 0 Å². The molecule has 0 radical (unpaired) electrons. The predicted octanol–water partition coefficient (Wildman–Crippen LogP) is 2.56. The van der Waals surface area contributed by atoms with Crippen molar-refractivity contribution < 1.29 is 0 Å². The van der Waals surface area contributed by atoms with Crippen molar-refractivity contribution in [3.05, 3.63) is 22.3 Å². The summed E-state index contributed by atoms with van der Waals surface area (Å²) in [4.78, 5) is 4.33. The van der Waals surface area contributed by atoms with Crippen LogP contribution in [0.15, 0.2) is 16.7 Å². The number of aromatic nitrogens is 1. The molecule has 0 spiro atoms. The Balaban J connectivity index is 1.82. The minimum absolute atomic E-state index is 0.830. The zero-order valence-electron chi connectivity index (χ0n) is 9.59. The summed E-state index contributed by atoms with van der Waals surface area (Å²) in [6.07, 6.45) is 4.37. The van der Waals surface area contributed by atoms with Crippen LogP contribution in [0.2, 0.25) is 0 Å². The lowest BCUT2D eigenvalue weighted by atomic mass is 10.1. The van der Waals surface area contributed by atoms with Crippen molar-refractivity contribution in [1.82, 2.24) is 10.3 Å². The summed E-state index contributed by atoms with van der Waals surface area (Å²) >= 11 is 3.56. The minimum Gasteiger partial charge on any atom is -0.369 e. The summed E-state index contributed by atoms with van der Waals surface area (Å²) in [5.41, 5.74) is 1.22. The Morgan fingerprint density at radius 3 is 3.25 bits per heavy atom. The van der Waals surface area contributed by atoms with Crippen LogP contribution in [0.25, 0.3) is 0 Å². The molecule has 1 fully saturated rings. The van der Waals surface area contributed by atoms with Crippen molar-refractivity contribution in [3.63, 3.8) is 0 Å². The van der Waals surface area contributed by atoms with Gasteiger partial charge in [-0.15, -0.1) is 0 Å². The Morgan fingerprint density at radius 2 is 2.50 bits per heavy atom. The molecule has 0 saturated carbocycles. The molecule has 2 heterocycles. The highest BCUT2D eigenvalue weighted by Gasteiger charge is 2.13. The fourth-order valence-corrected chi connectivity index (χ4v) is 2.39. The van der Waals surface area contributed by atoms with Crippen LogP contribution in [0.1, 0.15) is 18.4 Å². The smallest absolute Gasteiger partial charge is 0.140 e. The van der Waals surface area contributed by atoms with Crippen molar-refractivity contribution in [2.45, 2.75) is 19.8 Å². The molecule has 1 saturated heterocycles. The fraction of sp³-hybridized carbons (Fsp3) is 0.583. The number of hydrogen-bond donors (Lipinski definition) is 2. The Bertz CT molecular complexity index is 348. The van der Waals surface area contributed by atoms with Gasteiger partial charge < -0.3 is 10.6 Å². The number of rotatable bonds is 4. The number of nitrogens with zero attached hydrogens (tertiary/aromatic N) is 1. The zero-order valence-corrected chi connectivity index (χ0v) is 11.2. The van der Waals surface area contributed by atoms with Crippen LogP contribution in [0, 0.1) is 12.8 Å². The van der Waals surface area contributed by atoms with Gasteiger partial charge in [0.1, 0.15) is 5.82 Å². The molecule has 1 aliphatic rings. The van der Waals surface area contributed by atoms with E-state index in [9.17, 15) is 0 Å². The van der Waals surface area contributed by atoms with Gasteiger partial charge in [-0.2, -0.15) is 0 Å². The Hall–Kier alpha value is -0.610. The van der Waals surface area contributed by atoms with Crippen molar-refractivity contribution in [2.75, 3.05) is 25.0 Å². The van der Waals surface area contributed by atoms with Gasteiger partial charge in [-0.05, 0) is 66.3 Å². The number of hydrogen-bond acceptors (Lipinski definition) is 3. The average molecular weight is 284 g/mol. The van der Waals surface area contributed by atoms with E-state index < -0.39 is 0 Å². The molecule has 2 N–H and O–H groups in total. The molecule has 4 heteroatoms. The second kappa shape index (κ2) is 5.64. The van der Waals surface area contributed by atoms with Gasteiger partial charge in [0.25, 0.3) is 0 Å². The molecule has 1 atom stereocenters. The molecule has 1 aliphatic heterocycles. The number of pyridine rings is 1. The van der Waals surface area contributed by atoms with E-state index in [1.54, 1.807) is 0 Å². The largest absolute Gasteiger partial charge is 0.369 e. The SMILES string of the molecule is Cc1ccnc(NCCC2CCNC2)c1Br. The van der Waals surface area contributed by atoms with Crippen LogP contribution in [0.4, 0.5) is 5.82 Å². The number of halogens is 1. The van der Waals surface area contributed by atoms with Crippen LogP contribution in [0.5, 0.6) is 0 Å². The summed E-state index contributed by atoms with van der Waals surface area (Å²) in [6.45, 7) is 5.43. The van der Waals surface area contributed by atoms with Crippen LogP contribution in [0.3, 0.4) is 0 Å². The van der Waals surface area contributed by atoms with Gasteiger partial charge in [0.05, 0.1) is 4.47 Å². The highest BCUT2D eigenvalue weighted by Crippen LogP contribution is 2.23. The molecule has 1 unspecified atom stereocenters. The molecule has 0 aromatic carbocycles. The highest BCUT2D eigenvalue weighted by molar-refractivity contribution is 9.10. The average Bonchev–Trinajstić information content (AvgIpc) is 2.77. The Kier molecular flexibility index (Phi) is 4.18. The Morgan fingerprint density at radius 1 is 1.62 bits per heavy atom. The van der Waals surface area contributed by atoms with Gasteiger partial charge >= 0.3 is 0 Å². The van der Waals surface area contributed by atoms with Crippen LogP contribution < -0.4 is 10.6 Å². The normalized spacial score (nSPS) is 20.0. The maximum absolute atomic E-state index is 4.33. The summed E-state index contributed by atoms with van der Waals surface area (Å²) in [7, 11) is 0. The molecule has 88 valence electrons. The quantitative estimate of drug-likeness (QED) is 0.892. The van der Waals surface area contributed by atoms with E-state index in [1.165, 1.54) is 31.5 Å². The van der Waals surface area contributed by atoms with Crippen molar-refractivity contribution in [3.8, 4) is 0 Å². The van der Waals surface area contributed by atoms with Gasteiger partial charge in [-0.1, -0.05) is 0 Å². The molecule has 0 aliphatic carbocycles. The van der Waals surface area contributed by atoms with Gasteiger partial charge in [-0.25, -0.2) is 4.98 Å². The number of aryl methyl sites for hydroxylation is 1. The van der Waals surface area contributed by atoms with E-state index in [0.717, 1.165) is 22.8 Å². The topological polar surface area (TPSA) is 37.0 Å². The van der Waals surface area contributed by atoms with Crippen molar-refractivity contribution in [1.29, 1.82) is 0 Å². The van der Waals surface area contributed by atoms with E-state index in [0.29, 0.717) is 0 Å². The Labute approximate surface area is 105 Å². The highest BCUT2D eigenvalue weighted by atomic mass is 79.9. The molecule has 1 aromatic rings. The second-order valence-electron chi connectivity index (χ2n) is 4.36. The molecule has 1 aromatic heterocycles. The minimum atomic E-state index is 0.830. The summed E-state index contributed by atoms with van der Waals surface area (Å²) in [6, 6.07) is 2.01. The molecule has 0 bridgehead atoms. The van der Waals surface area contributed by atoms with Crippen molar-refractivity contribution >= 4 is 21.7 Å². The lowest BCUT2D eigenvalue weighted by molar-refractivity contribution is 0.549. The summed E-state index contributed by atoms with van der Waals surface area (Å²) < 4.78 is 1.08. The van der Waals surface area contributed by atoms with E-state index in [-0.39, 0.29) is 0 Å². The van der Waals surface area contributed by atoms with E-state index in [1.807, 2.05) is 12.3 Å². The van der Waals surface area contributed by atoms with Crippen LogP contribution >= 0.6 is 15.9 Å². The molecule has 16 heavy (non-hydrogen) atoms. The predicted molar refractivity (Wildman–Crippen MR) is 70.8 cm³/mol. The first-order valence-corrected chi connectivity index (χ1v) is 6.62. The first-order valence-electron chi connectivity index (χ1n) is 5.83. The maximum Gasteiger partial charge on any atom is 0.140 e. The third-order valence-electron chi connectivity index (χ3n) is 3.09. The van der Waals surface area contributed by atoms with E-state index in [4.69, 9.17) is 0 Å². The number of anilines is 1. The standard InChI is InChI=1S/C12H18BrN3/c1-9-2-6-15-12(11(9)13)16-7-4-10-3-5-14-8-10/h2,6,10,14H,3-5,7-8H2,1H3,(H,15,16). The van der Waals surface area contributed by atoms with Crippen molar-refractivity contribution in [2.24, 2.45) is 5.92 Å². The molecule has 2 rings (SSSR count). The third kappa shape index (κ3) is 2.95. The molecule has 0 amide bonds. The van der Waals surface area contributed by atoms with Crippen LogP contribution in [-0.2, 0) is 0 Å². The van der Waals surface area contributed by atoms with E-state index >= 15 is 0 Å². The first kappa shape index (κ1) is 11.9. The summed E-state index contributed by atoms with van der Waals surface area (Å²) in [5.74, 6) is 1.79. The monoisotopic (exact) mass is 283 g/mol. The molecular weight excluding hydrogens is 266 g/mol. The lowest BCUT2D eigenvalue weighted by Gasteiger charge is -2.11. The third-order valence-corrected chi connectivity index (χ3v) is 4.09. The fourth-order valence-electron chi connectivity index (χ4n) is 2.02. The first-order chi connectivity index (χ1) is 7.77. The molecule has 3 nitrogen and oxygen atoms in total. The summed E-state index contributed by atoms with van der Waals surface area (Å²) in [5, 5.41) is 6.78. The lowest BCUT2D eigenvalue weighted by Crippen LogP contribution is -2.13. The zero-order chi connectivity index (χ0) is 11.4. The van der Waals surface area contributed by atoms with Gasteiger partial charge in [-0.3, -0.25) is 0 Å². The van der Waals surface area contributed by atoms with Gasteiger partial charge in [0, 0.05) is 12.7 Å².